The minimum Gasteiger partial charge on any atom is -0.372 e. The van der Waals surface area contributed by atoms with E-state index in [1.54, 1.807) is 13.8 Å². The minimum atomic E-state index is -3.03. The van der Waals surface area contributed by atoms with Gasteiger partial charge in [-0.3, -0.25) is 0 Å². The smallest absolute Gasteiger partial charge is 0.327 e. The van der Waals surface area contributed by atoms with Crippen molar-refractivity contribution in [2.45, 2.75) is 25.9 Å². The van der Waals surface area contributed by atoms with Crippen LogP contribution >= 0.6 is 0 Å². The van der Waals surface area contributed by atoms with Gasteiger partial charge in [0.2, 0.25) is 0 Å². The number of alkyl halides is 2. The van der Waals surface area contributed by atoms with Crippen molar-refractivity contribution < 1.29 is 13.5 Å². The molecule has 0 spiro atoms. The Kier molecular flexibility index (Phi) is 3.21. The van der Waals surface area contributed by atoms with E-state index < -0.39 is 12.5 Å². The van der Waals surface area contributed by atoms with Gasteiger partial charge < -0.3 is 9.30 Å². The van der Waals surface area contributed by atoms with Crippen molar-refractivity contribution in [2.24, 2.45) is 7.05 Å². The Hall–Kier alpha value is -0.970. The molecule has 0 saturated carbocycles. The standard InChI is InChI=1S/C9H14F2N2O/c1-7(2)14-6-9(10,11)8-12-4-5-13(8)3/h4-5,7H,6H2,1-3H3. The first kappa shape index (κ1) is 11.1. The van der Waals surface area contributed by atoms with Gasteiger partial charge in [0.25, 0.3) is 0 Å². The molecule has 0 aliphatic heterocycles. The van der Waals surface area contributed by atoms with Crippen LogP contribution in [0.25, 0.3) is 0 Å². The first-order valence-corrected chi connectivity index (χ1v) is 4.40. The Morgan fingerprint density at radius 1 is 1.57 bits per heavy atom. The summed E-state index contributed by atoms with van der Waals surface area (Å²) in [4.78, 5) is 3.60. The molecule has 14 heavy (non-hydrogen) atoms. The summed E-state index contributed by atoms with van der Waals surface area (Å²) < 4.78 is 33.0. The molecule has 0 bridgehead atoms. The lowest BCUT2D eigenvalue weighted by molar-refractivity contribution is -0.105. The lowest BCUT2D eigenvalue weighted by Gasteiger charge is -2.17. The zero-order chi connectivity index (χ0) is 10.8. The van der Waals surface area contributed by atoms with E-state index in [1.165, 1.54) is 24.0 Å². The van der Waals surface area contributed by atoms with E-state index in [0.717, 1.165) is 0 Å². The summed E-state index contributed by atoms with van der Waals surface area (Å²) >= 11 is 0. The number of rotatable bonds is 4. The van der Waals surface area contributed by atoms with Crippen LogP contribution in [0.5, 0.6) is 0 Å². The highest BCUT2D eigenvalue weighted by molar-refractivity contribution is 4.99. The molecule has 1 aromatic rings. The lowest BCUT2D eigenvalue weighted by atomic mass is 10.3. The first-order chi connectivity index (χ1) is 6.43. The van der Waals surface area contributed by atoms with Gasteiger partial charge in [-0.05, 0) is 13.8 Å². The minimum absolute atomic E-state index is 0.207. The summed E-state index contributed by atoms with van der Waals surface area (Å²) in [5.74, 6) is -3.29. The fraction of sp³-hybridized carbons (Fsp3) is 0.667. The number of aromatic nitrogens is 2. The van der Waals surface area contributed by atoms with Gasteiger partial charge in [0.1, 0.15) is 6.61 Å². The summed E-state index contributed by atoms with van der Waals surface area (Å²) in [6.45, 7) is 2.80. The molecule has 0 saturated heterocycles. The van der Waals surface area contributed by atoms with Crippen molar-refractivity contribution in [3.63, 3.8) is 0 Å². The van der Waals surface area contributed by atoms with Crippen molar-refractivity contribution in [3.05, 3.63) is 18.2 Å². The molecular formula is C9H14F2N2O. The number of aryl methyl sites for hydroxylation is 1. The molecule has 0 N–H and O–H groups in total. The second kappa shape index (κ2) is 4.04. The van der Waals surface area contributed by atoms with E-state index in [-0.39, 0.29) is 11.9 Å². The molecular weight excluding hydrogens is 190 g/mol. The number of imidazole rings is 1. The highest BCUT2D eigenvalue weighted by Crippen LogP contribution is 2.26. The van der Waals surface area contributed by atoms with Crippen LogP contribution in [0.2, 0.25) is 0 Å². The Balaban J connectivity index is 2.70. The van der Waals surface area contributed by atoms with Crippen molar-refractivity contribution in [1.82, 2.24) is 9.55 Å². The molecule has 0 aliphatic rings. The second-order valence-corrected chi connectivity index (χ2v) is 3.43. The van der Waals surface area contributed by atoms with Crippen molar-refractivity contribution >= 4 is 0 Å². The normalized spacial score (nSPS) is 12.4. The van der Waals surface area contributed by atoms with Gasteiger partial charge in [0, 0.05) is 19.4 Å². The van der Waals surface area contributed by atoms with Crippen molar-refractivity contribution in [1.29, 1.82) is 0 Å². The molecule has 0 fully saturated rings. The predicted octanol–water partition coefficient (Wildman–Crippen LogP) is 1.94. The predicted molar refractivity (Wildman–Crippen MR) is 48.2 cm³/mol. The van der Waals surface area contributed by atoms with E-state index in [1.807, 2.05) is 0 Å². The molecule has 1 heterocycles. The zero-order valence-electron chi connectivity index (χ0n) is 8.50. The molecule has 0 aliphatic carbocycles. The fourth-order valence-corrected chi connectivity index (χ4v) is 1.05. The topological polar surface area (TPSA) is 27.1 Å². The maximum Gasteiger partial charge on any atom is 0.327 e. The molecule has 0 unspecified atom stereocenters. The van der Waals surface area contributed by atoms with Crippen molar-refractivity contribution in [3.8, 4) is 0 Å². The van der Waals surface area contributed by atoms with Gasteiger partial charge in [0.15, 0.2) is 5.82 Å². The third-order valence-corrected chi connectivity index (χ3v) is 1.75. The Morgan fingerprint density at radius 3 is 2.64 bits per heavy atom. The maximum absolute atomic E-state index is 13.4. The molecule has 1 aromatic heterocycles. The van der Waals surface area contributed by atoms with Gasteiger partial charge in [-0.2, -0.15) is 8.78 Å². The molecule has 5 heteroatoms. The SMILES string of the molecule is CC(C)OCC(F)(F)c1nccn1C. The quantitative estimate of drug-likeness (QED) is 0.749. The van der Waals surface area contributed by atoms with Gasteiger partial charge in [-0.15, -0.1) is 0 Å². The molecule has 0 radical (unpaired) electrons. The van der Waals surface area contributed by atoms with E-state index in [9.17, 15) is 8.78 Å². The van der Waals surface area contributed by atoms with Crippen LogP contribution in [0.4, 0.5) is 8.78 Å². The van der Waals surface area contributed by atoms with Crippen LogP contribution in [0.1, 0.15) is 19.7 Å². The van der Waals surface area contributed by atoms with Gasteiger partial charge in [-0.1, -0.05) is 0 Å². The number of halogens is 2. The number of hydrogen-bond donors (Lipinski definition) is 0. The Morgan fingerprint density at radius 2 is 2.21 bits per heavy atom. The number of ether oxygens (including phenoxy) is 1. The van der Waals surface area contributed by atoms with Crippen LogP contribution in [-0.4, -0.2) is 22.3 Å². The van der Waals surface area contributed by atoms with Gasteiger partial charge in [0.05, 0.1) is 6.10 Å². The van der Waals surface area contributed by atoms with Gasteiger partial charge >= 0.3 is 5.92 Å². The monoisotopic (exact) mass is 204 g/mol. The van der Waals surface area contributed by atoms with Crippen molar-refractivity contribution in [2.75, 3.05) is 6.61 Å². The van der Waals surface area contributed by atoms with Crippen LogP contribution < -0.4 is 0 Å². The number of nitrogens with zero attached hydrogens (tertiary/aromatic N) is 2. The summed E-state index contributed by atoms with van der Waals surface area (Å²) in [5, 5.41) is 0. The van der Waals surface area contributed by atoms with Crippen LogP contribution in [-0.2, 0) is 17.7 Å². The summed E-state index contributed by atoms with van der Waals surface area (Å²) in [5.41, 5.74) is 0. The third-order valence-electron chi connectivity index (χ3n) is 1.75. The summed E-state index contributed by atoms with van der Waals surface area (Å²) in [6, 6.07) is 0. The van der Waals surface area contributed by atoms with Gasteiger partial charge in [-0.25, -0.2) is 4.98 Å². The van der Waals surface area contributed by atoms with Crippen LogP contribution in [0.3, 0.4) is 0 Å². The second-order valence-electron chi connectivity index (χ2n) is 3.43. The molecule has 0 atom stereocenters. The summed E-state index contributed by atoms with van der Waals surface area (Å²) in [7, 11) is 1.53. The highest BCUT2D eigenvalue weighted by Gasteiger charge is 2.36. The average molecular weight is 204 g/mol. The third kappa shape index (κ3) is 2.51. The first-order valence-electron chi connectivity index (χ1n) is 4.40. The van der Waals surface area contributed by atoms with E-state index >= 15 is 0 Å². The van der Waals surface area contributed by atoms with E-state index in [2.05, 4.69) is 4.98 Å². The molecule has 0 aromatic carbocycles. The Bertz CT molecular complexity index is 297. The van der Waals surface area contributed by atoms with E-state index in [4.69, 9.17) is 4.74 Å². The number of hydrogen-bond acceptors (Lipinski definition) is 2. The molecule has 1 rings (SSSR count). The van der Waals surface area contributed by atoms with Crippen LogP contribution in [0.15, 0.2) is 12.4 Å². The zero-order valence-corrected chi connectivity index (χ0v) is 8.50. The fourth-order valence-electron chi connectivity index (χ4n) is 1.05. The highest BCUT2D eigenvalue weighted by atomic mass is 19.3. The molecule has 0 amide bonds. The molecule has 3 nitrogen and oxygen atoms in total. The van der Waals surface area contributed by atoms with E-state index in [0.29, 0.717) is 0 Å². The molecule has 80 valence electrons. The maximum atomic E-state index is 13.4. The Labute approximate surface area is 81.7 Å². The average Bonchev–Trinajstić information content (AvgIpc) is 2.48. The lowest BCUT2D eigenvalue weighted by Crippen LogP contribution is -2.26. The largest absolute Gasteiger partial charge is 0.372 e. The van der Waals surface area contributed by atoms with Crippen LogP contribution in [0, 0.1) is 0 Å². The summed E-state index contributed by atoms with van der Waals surface area (Å²) in [6.07, 6.45) is 2.62.